The van der Waals surface area contributed by atoms with Crippen LogP contribution in [-0.4, -0.2) is 24.8 Å². The number of ketones is 1. The minimum atomic E-state index is -2.99. The lowest BCUT2D eigenvalue weighted by Crippen LogP contribution is -2.32. The zero-order valence-electron chi connectivity index (χ0n) is 11.0. The van der Waals surface area contributed by atoms with Gasteiger partial charge in [-0.05, 0) is 37.0 Å². The smallest absolute Gasteiger partial charge is 0.387 e. The quantitative estimate of drug-likeness (QED) is 0.864. The van der Waals surface area contributed by atoms with Crippen molar-refractivity contribution in [2.24, 2.45) is 0 Å². The zero-order valence-corrected chi connectivity index (χ0v) is 11.0. The summed E-state index contributed by atoms with van der Waals surface area (Å²) in [7, 11) is 0. The second kappa shape index (κ2) is 5.98. The van der Waals surface area contributed by atoms with Crippen molar-refractivity contribution in [3.63, 3.8) is 0 Å². The molecule has 20 heavy (non-hydrogen) atoms. The van der Waals surface area contributed by atoms with E-state index in [1.807, 2.05) is 0 Å². The number of nitrogens with one attached hydrogen (secondary N) is 1. The Kier molecular flexibility index (Phi) is 4.32. The molecule has 0 bridgehead atoms. The molecule has 1 aliphatic rings. The van der Waals surface area contributed by atoms with E-state index in [9.17, 15) is 18.4 Å². The molecular formula is C14H15F2NO3. The highest BCUT2D eigenvalue weighted by atomic mass is 19.3. The third-order valence-corrected chi connectivity index (χ3v) is 3.32. The van der Waals surface area contributed by atoms with Crippen LogP contribution in [0.25, 0.3) is 0 Å². The Hall–Kier alpha value is -1.98. The molecule has 0 spiro atoms. The van der Waals surface area contributed by atoms with E-state index >= 15 is 0 Å². The summed E-state index contributed by atoms with van der Waals surface area (Å²) in [6.45, 7) is -1.14. The Bertz CT molecular complexity index is 531. The average Bonchev–Trinajstić information content (AvgIpc) is 2.37. The molecule has 1 aliphatic heterocycles. The van der Waals surface area contributed by atoms with Gasteiger partial charge in [-0.3, -0.25) is 9.59 Å². The number of Topliss-reactive ketones (excluding diaryl/α,β-unsaturated/α-hetero) is 1. The molecule has 0 saturated carbocycles. The van der Waals surface area contributed by atoms with Gasteiger partial charge in [-0.2, -0.15) is 8.78 Å². The fraction of sp³-hybridized carbons (Fsp3) is 0.429. The first-order valence-corrected chi connectivity index (χ1v) is 6.33. The maximum Gasteiger partial charge on any atom is 0.387 e. The molecule has 0 unspecified atom stereocenters. The summed E-state index contributed by atoms with van der Waals surface area (Å²) in [4.78, 5) is 22.8. The molecule has 1 atom stereocenters. The van der Waals surface area contributed by atoms with Gasteiger partial charge in [-0.1, -0.05) is 6.07 Å². The number of carbonyl (C=O) groups is 2. The Morgan fingerprint density at radius 2 is 2.20 bits per heavy atom. The molecule has 4 nitrogen and oxygen atoms in total. The second-order valence-electron chi connectivity index (χ2n) is 4.73. The normalized spacial score (nSPS) is 18.8. The maximum atomic E-state index is 12.4. The first-order valence-electron chi connectivity index (χ1n) is 6.33. The number of amides is 1. The fourth-order valence-corrected chi connectivity index (χ4v) is 2.35. The SMILES string of the molecule is CC(=O)c1ccc([C@@H]2CCNC(=O)C2)cc1OC(F)F. The zero-order chi connectivity index (χ0) is 14.7. The summed E-state index contributed by atoms with van der Waals surface area (Å²) in [5, 5.41) is 2.71. The number of halogens is 2. The Morgan fingerprint density at radius 1 is 1.45 bits per heavy atom. The van der Waals surface area contributed by atoms with E-state index in [1.165, 1.54) is 19.1 Å². The van der Waals surface area contributed by atoms with Crippen molar-refractivity contribution in [1.29, 1.82) is 0 Å². The number of benzene rings is 1. The van der Waals surface area contributed by atoms with Crippen LogP contribution in [0.1, 0.15) is 41.6 Å². The lowest BCUT2D eigenvalue weighted by molar-refractivity contribution is -0.122. The predicted molar refractivity (Wildman–Crippen MR) is 68.1 cm³/mol. The number of alkyl halides is 2. The van der Waals surface area contributed by atoms with Gasteiger partial charge >= 0.3 is 6.61 Å². The fourth-order valence-electron chi connectivity index (χ4n) is 2.35. The molecular weight excluding hydrogens is 268 g/mol. The highest BCUT2D eigenvalue weighted by Crippen LogP contribution is 2.31. The van der Waals surface area contributed by atoms with E-state index in [0.29, 0.717) is 13.0 Å². The second-order valence-corrected chi connectivity index (χ2v) is 4.73. The summed E-state index contributed by atoms with van der Waals surface area (Å²) < 4.78 is 29.2. The highest BCUT2D eigenvalue weighted by Gasteiger charge is 2.22. The van der Waals surface area contributed by atoms with Crippen molar-refractivity contribution in [3.05, 3.63) is 29.3 Å². The van der Waals surface area contributed by atoms with Crippen LogP contribution in [0.2, 0.25) is 0 Å². The molecule has 6 heteroatoms. The molecule has 1 aromatic rings. The van der Waals surface area contributed by atoms with Crippen LogP contribution in [-0.2, 0) is 4.79 Å². The van der Waals surface area contributed by atoms with Gasteiger partial charge in [0.25, 0.3) is 0 Å². The van der Waals surface area contributed by atoms with Crippen molar-refractivity contribution in [2.45, 2.75) is 32.3 Å². The Morgan fingerprint density at radius 3 is 2.80 bits per heavy atom. The molecule has 0 aliphatic carbocycles. The average molecular weight is 283 g/mol. The molecule has 0 radical (unpaired) electrons. The van der Waals surface area contributed by atoms with E-state index in [4.69, 9.17) is 0 Å². The summed E-state index contributed by atoms with van der Waals surface area (Å²) in [6, 6.07) is 4.60. The van der Waals surface area contributed by atoms with Crippen LogP contribution in [0.3, 0.4) is 0 Å². The van der Waals surface area contributed by atoms with Gasteiger partial charge in [0.05, 0.1) is 5.56 Å². The lowest BCUT2D eigenvalue weighted by atomic mass is 9.89. The number of hydrogen-bond donors (Lipinski definition) is 1. The monoisotopic (exact) mass is 283 g/mol. The van der Waals surface area contributed by atoms with Crippen LogP contribution < -0.4 is 10.1 Å². The Labute approximate surface area is 115 Å². The van der Waals surface area contributed by atoms with Crippen LogP contribution in [0.4, 0.5) is 8.78 Å². The topological polar surface area (TPSA) is 55.4 Å². The van der Waals surface area contributed by atoms with E-state index in [0.717, 1.165) is 12.0 Å². The van der Waals surface area contributed by atoms with Crippen LogP contribution in [0, 0.1) is 0 Å². The number of piperidine rings is 1. The van der Waals surface area contributed by atoms with Gasteiger partial charge in [0, 0.05) is 13.0 Å². The number of carbonyl (C=O) groups excluding carboxylic acids is 2. The van der Waals surface area contributed by atoms with Crippen LogP contribution in [0.15, 0.2) is 18.2 Å². The number of hydrogen-bond acceptors (Lipinski definition) is 3. The van der Waals surface area contributed by atoms with Crippen molar-refractivity contribution in [3.8, 4) is 5.75 Å². The van der Waals surface area contributed by atoms with Crippen LogP contribution in [0.5, 0.6) is 5.75 Å². The molecule has 2 rings (SSSR count). The molecule has 0 aromatic heterocycles. The van der Waals surface area contributed by atoms with Gasteiger partial charge < -0.3 is 10.1 Å². The van der Waals surface area contributed by atoms with Crippen LogP contribution >= 0.6 is 0 Å². The molecule has 108 valence electrons. The molecule has 1 aromatic carbocycles. The highest BCUT2D eigenvalue weighted by molar-refractivity contribution is 5.96. The number of ether oxygens (including phenoxy) is 1. The van der Waals surface area contributed by atoms with E-state index in [2.05, 4.69) is 10.1 Å². The molecule has 1 heterocycles. The van der Waals surface area contributed by atoms with Crippen molar-refractivity contribution >= 4 is 11.7 Å². The van der Waals surface area contributed by atoms with E-state index < -0.39 is 6.61 Å². The number of rotatable bonds is 4. The first-order chi connectivity index (χ1) is 9.47. The standard InChI is InChI=1S/C14H15F2NO3/c1-8(18)11-3-2-9(6-12(11)20-14(15)16)10-4-5-17-13(19)7-10/h2-3,6,10,14H,4-5,7H2,1H3,(H,17,19)/t10-/m1/s1. The van der Waals surface area contributed by atoms with Gasteiger partial charge in [0.1, 0.15) is 5.75 Å². The first kappa shape index (κ1) is 14.4. The van der Waals surface area contributed by atoms with Gasteiger partial charge in [-0.25, -0.2) is 0 Å². The minimum Gasteiger partial charge on any atom is -0.434 e. The summed E-state index contributed by atoms with van der Waals surface area (Å²) in [5.74, 6) is -0.567. The van der Waals surface area contributed by atoms with Gasteiger partial charge in [0.15, 0.2) is 5.78 Å². The van der Waals surface area contributed by atoms with Crippen molar-refractivity contribution in [1.82, 2.24) is 5.32 Å². The van der Waals surface area contributed by atoms with Gasteiger partial charge in [0.2, 0.25) is 5.91 Å². The van der Waals surface area contributed by atoms with Crippen molar-refractivity contribution in [2.75, 3.05) is 6.54 Å². The minimum absolute atomic E-state index is 0.0372. The van der Waals surface area contributed by atoms with Gasteiger partial charge in [-0.15, -0.1) is 0 Å². The predicted octanol–water partition coefficient (Wildman–Crippen LogP) is 2.48. The molecule has 1 saturated heterocycles. The van der Waals surface area contributed by atoms with E-state index in [-0.39, 0.29) is 28.9 Å². The molecule has 1 fully saturated rings. The van der Waals surface area contributed by atoms with E-state index in [1.54, 1.807) is 6.07 Å². The summed E-state index contributed by atoms with van der Waals surface area (Å²) in [6.07, 6.45) is 1.05. The summed E-state index contributed by atoms with van der Waals surface area (Å²) in [5.41, 5.74) is 0.856. The lowest BCUT2D eigenvalue weighted by Gasteiger charge is -2.23. The molecule has 1 N–H and O–H groups in total. The molecule has 1 amide bonds. The van der Waals surface area contributed by atoms with Crippen molar-refractivity contribution < 1.29 is 23.1 Å². The third-order valence-electron chi connectivity index (χ3n) is 3.32. The maximum absolute atomic E-state index is 12.4. The third kappa shape index (κ3) is 3.31. The Balaban J connectivity index is 2.30. The largest absolute Gasteiger partial charge is 0.434 e. The summed E-state index contributed by atoms with van der Waals surface area (Å²) >= 11 is 0.